The van der Waals surface area contributed by atoms with Crippen molar-refractivity contribution in [2.45, 2.75) is 25.8 Å². The molecule has 6 nitrogen and oxygen atoms in total. The average Bonchev–Trinajstić information content (AvgIpc) is 3.09. The van der Waals surface area contributed by atoms with Gasteiger partial charge in [-0.3, -0.25) is 0 Å². The zero-order valence-corrected chi connectivity index (χ0v) is 13.3. The number of hydrogen-bond acceptors (Lipinski definition) is 6. The molecule has 1 atom stereocenters. The summed E-state index contributed by atoms with van der Waals surface area (Å²) in [4.78, 5) is 8.74. The van der Waals surface area contributed by atoms with E-state index in [1.165, 1.54) is 0 Å². The van der Waals surface area contributed by atoms with Gasteiger partial charge in [-0.25, -0.2) is 4.98 Å². The van der Waals surface area contributed by atoms with E-state index in [9.17, 15) is 5.26 Å². The molecule has 0 spiro atoms. The third-order valence-corrected chi connectivity index (χ3v) is 3.55. The Kier molecular flexibility index (Phi) is 4.82. The van der Waals surface area contributed by atoms with Gasteiger partial charge in [0.2, 0.25) is 5.89 Å². The number of rotatable bonds is 6. The van der Waals surface area contributed by atoms with E-state index in [4.69, 9.17) is 4.52 Å². The number of aryl methyl sites for hydroxylation is 1. The highest BCUT2D eigenvalue weighted by Crippen LogP contribution is 2.25. The minimum absolute atomic E-state index is 0.345. The van der Waals surface area contributed by atoms with E-state index in [2.05, 4.69) is 33.4 Å². The molecule has 0 bridgehead atoms. The van der Waals surface area contributed by atoms with Crippen LogP contribution < -0.4 is 5.32 Å². The SMILES string of the molecule is CCCc1nc(C(Nc2ncccc2C#N)c2ccccc2)no1. The van der Waals surface area contributed by atoms with Gasteiger partial charge in [0, 0.05) is 12.6 Å². The van der Waals surface area contributed by atoms with Gasteiger partial charge in [0.05, 0.1) is 5.56 Å². The third-order valence-electron chi connectivity index (χ3n) is 3.55. The lowest BCUT2D eigenvalue weighted by Gasteiger charge is -2.17. The summed E-state index contributed by atoms with van der Waals surface area (Å²) in [7, 11) is 0. The molecule has 24 heavy (non-hydrogen) atoms. The first-order valence-corrected chi connectivity index (χ1v) is 7.81. The van der Waals surface area contributed by atoms with Crippen LogP contribution in [0.25, 0.3) is 0 Å². The highest BCUT2D eigenvalue weighted by atomic mass is 16.5. The van der Waals surface area contributed by atoms with Gasteiger partial charge in [-0.05, 0) is 24.1 Å². The maximum absolute atomic E-state index is 9.27. The molecule has 0 amide bonds. The Morgan fingerprint density at radius 1 is 1.21 bits per heavy atom. The topological polar surface area (TPSA) is 87.6 Å². The molecule has 0 aliphatic rings. The van der Waals surface area contributed by atoms with Crippen molar-refractivity contribution < 1.29 is 4.52 Å². The maximum Gasteiger partial charge on any atom is 0.226 e. The van der Waals surface area contributed by atoms with Crippen molar-refractivity contribution in [3.05, 3.63) is 71.5 Å². The van der Waals surface area contributed by atoms with Crippen molar-refractivity contribution in [3.63, 3.8) is 0 Å². The quantitative estimate of drug-likeness (QED) is 0.748. The summed E-state index contributed by atoms with van der Waals surface area (Å²) in [5.74, 6) is 1.63. The molecule has 2 heterocycles. The van der Waals surface area contributed by atoms with Gasteiger partial charge in [0.25, 0.3) is 0 Å². The fraction of sp³-hybridized carbons (Fsp3) is 0.222. The van der Waals surface area contributed by atoms with Gasteiger partial charge in [-0.2, -0.15) is 10.2 Å². The van der Waals surface area contributed by atoms with Crippen LogP contribution in [0.4, 0.5) is 5.82 Å². The maximum atomic E-state index is 9.27. The lowest BCUT2D eigenvalue weighted by atomic mass is 10.1. The molecule has 3 aromatic rings. The van der Waals surface area contributed by atoms with Crippen LogP contribution in [-0.4, -0.2) is 15.1 Å². The lowest BCUT2D eigenvalue weighted by molar-refractivity contribution is 0.371. The molecule has 6 heteroatoms. The van der Waals surface area contributed by atoms with E-state index in [0.717, 1.165) is 18.4 Å². The van der Waals surface area contributed by atoms with Crippen LogP contribution in [-0.2, 0) is 6.42 Å². The minimum atomic E-state index is -0.345. The van der Waals surface area contributed by atoms with E-state index >= 15 is 0 Å². The lowest BCUT2D eigenvalue weighted by Crippen LogP contribution is -2.15. The molecule has 120 valence electrons. The Morgan fingerprint density at radius 3 is 2.79 bits per heavy atom. The standard InChI is InChI=1S/C18H17N5O/c1-2-7-15-21-18(23-24-15)16(13-8-4-3-5-9-13)22-17-14(12-19)10-6-11-20-17/h3-6,8-11,16H,2,7H2,1H3,(H,20,22). The van der Waals surface area contributed by atoms with Crippen LogP contribution in [0.1, 0.15) is 42.2 Å². The summed E-state index contributed by atoms with van der Waals surface area (Å²) in [6.45, 7) is 2.06. The van der Waals surface area contributed by atoms with Crippen molar-refractivity contribution in [1.82, 2.24) is 15.1 Å². The Labute approximate surface area is 140 Å². The van der Waals surface area contributed by atoms with Crippen molar-refractivity contribution in [3.8, 4) is 6.07 Å². The number of hydrogen-bond donors (Lipinski definition) is 1. The first-order chi connectivity index (χ1) is 11.8. The second-order valence-corrected chi connectivity index (χ2v) is 5.30. The fourth-order valence-corrected chi connectivity index (χ4v) is 2.39. The second-order valence-electron chi connectivity index (χ2n) is 5.30. The first-order valence-electron chi connectivity index (χ1n) is 7.81. The van der Waals surface area contributed by atoms with Crippen LogP contribution in [0.15, 0.2) is 53.2 Å². The van der Waals surface area contributed by atoms with Crippen molar-refractivity contribution >= 4 is 5.82 Å². The van der Waals surface area contributed by atoms with Crippen LogP contribution >= 0.6 is 0 Å². The largest absolute Gasteiger partial charge is 0.355 e. The highest BCUT2D eigenvalue weighted by molar-refractivity contribution is 5.53. The van der Waals surface area contributed by atoms with E-state index in [1.54, 1.807) is 18.3 Å². The predicted molar refractivity (Wildman–Crippen MR) is 89.2 cm³/mol. The van der Waals surface area contributed by atoms with Gasteiger partial charge in [0.1, 0.15) is 17.9 Å². The van der Waals surface area contributed by atoms with Gasteiger partial charge in [0.15, 0.2) is 5.82 Å². The third kappa shape index (κ3) is 3.41. The second kappa shape index (κ2) is 7.38. The molecular formula is C18H17N5O. The monoisotopic (exact) mass is 319 g/mol. The van der Waals surface area contributed by atoms with Crippen molar-refractivity contribution in [1.29, 1.82) is 5.26 Å². The fourth-order valence-electron chi connectivity index (χ4n) is 2.39. The van der Waals surface area contributed by atoms with E-state index in [0.29, 0.717) is 23.1 Å². The highest BCUT2D eigenvalue weighted by Gasteiger charge is 2.21. The zero-order valence-electron chi connectivity index (χ0n) is 13.3. The number of anilines is 1. The molecule has 1 aromatic carbocycles. The van der Waals surface area contributed by atoms with Gasteiger partial charge in [-0.15, -0.1) is 0 Å². The van der Waals surface area contributed by atoms with Gasteiger partial charge >= 0.3 is 0 Å². The summed E-state index contributed by atoms with van der Waals surface area (Å²) in [6, 6.07) is 15.0. The van der Waals surface area contributed by atoms with Gasteiger partial charge in [-0.1, -0.05) is 42.4 Å². The summed E-state index contributed by atoms with van der Waals surface area (Å²) in [5.41, 5.74) is 1.44. The van der Waals surface area contributed by atoms with Crippen LogP contribution in [0.5, 0.6) is 0 Å². The summed E-state index contributed by atoms with van der Waals surface area (Å²) in [6.07, 6.45) is 3.31. The minimum Gasteiger partial charge on any atom is -0.355 e. The Balaban J connectivity index is 1.98. The Bertz CT molecular complexity index is 838. The number of pyridine rings is 1. The molecule has 0 saturated carbocycles. The summed E-state index contributed by atoms with van der Waals surface area (Å²) in [5, 5.41) is 16.6. The molecule has 2 aromatic heterocycles. The molecule has 0 saturated heterocycles. The van der Waals surface area contributed by atoms with Crippen molar-refractivity contribution in [2.24, 2.45) is 0 Å². The molecule has 1 unspecified atom stereocenters. The summed E-state index contributed by atoms with van der Waals surface area (Å²) >= 11 is 0. The molecule has 1 N–H and O–H groups in total. The number of aromatic nitrogens is 3. The molecule has 3 rings (SSSR count). The molecular weight excluding hydrogens is 302 g/mol. The van der Waals surface area contributed by atoms with E-state index in [1.807, 2.05) is 30.3 Å². The Hall–Kier alpha value is -3.20. The van der Waals surface area contributed by atoms with Crippen LogP contribution in [0.2, 0.25) is 0 Å². The normalized spacial score (nSPS) is 11.7. The Morgan fingerprint density at radius 2 is 2.04 bits per heavy atom. The first kappa shape index (κ1) is 15.7. The number of nitrogens with zero attached hydrogens (tertiary/aromatic N) is 4. The zero-order chi connectivity index (χ0) is 16.8. The smallest absolute Gasteiger partial charge is 0.226 e. The van der Waals surface area contributed by atoms with E-state index < -0.39 is 0 Å². The van der Waals surface area contributed by atoms with Gasteiger partial charge < -0.3 is 9.84 Å². The van der Waals surface area contributed by atoms with Crippen LogP contribution in [0.3, 0.4) is 0 Å². The summed E-state index contributed by atoms with van der Waals surface area (Å²) < 4.78 is 5.32. The van der Waals surface area contributed by atoms with E-state index in [-0.39, 0.29) is 6.04 Å². The van der Waals surface area contributed by atoms with Crippen LogP contribution in [0, 0.1) is 11.3 Å². The molecule has 0 radical (unpaired) electrons. The molecule has 0 fully saturated rings. The number of nitriles is 1. The average molecular weight is 319 g/mol. The predicted octanol–water partition coefficient (Wildman–Crippen LogP) is 3.49. The number of benzene rings is 1. The van der Waals surface area contributed by atoms with Crippen molar-refractivity contribution in [2.75, 3.05) is 5.32 Å². The number of nitrogens with one attached hydrogen (secondary N) is 1. The molecule has 0 aliphatic carbocycles. The molecule has 0 aliphatic heterocycles.